The summed E-state index contributed by atoms with van der Waals surface area (Å²) in [6.45, 7) is -5.19. The van der Waals surface area contributed by atoms with E-state index in [1.54, 1.807) is 0 Å². The minimum atomic E-state index is -5.34. The van der Waals surface area contributed by atoms with Gasteiger partial charge in [0, 0.05) is 12.2 Å². The lowest BCUT2D eigenvalue weighted by molar-refractivity contribution is 0.494. The quantitative estimate of drug-likeness (QED) is 0.501. The first-order valence-corrected chi connectivity index (χ1v) is 5.99. The smallest absolute Gasteiger partial charge is 0.445 e. The highest BCUT2D eigenvalue weighted by molar-refractivity contribution is 6.73. The van der Waals surface area contributed by atoms with Gasteiger partial charge in [-0.3, -0.25) is 0 Å². The molecular formula is C13H12BF4N2-. The van der Waals surface area contributed by atoms with Gasteiger partial charge in [-0.1, -0.05) is 35.8 Å². The van der Waals surface area contributed by atoms with E-state index < -0.39 is 18.3 Å². The highest BCUT2D eigenvalue weighted by Gasteiger charge is 2.28. The second-order valence-electron chi connectivity index (χ2n) is 4.28. The Balaban J connectivity index is 2.00. The summed E-state index contributed by atoms with van der Waals surface area (Å²) in [7, 11) is 0. The number of hydrogen-bond acceptors (Lipinski definition) is 2. The monoisotopic (exact) mass is 283 g/mol. The Hall–Kier alpha value is -2.02. The summed E-state index contributed by atoms with van der Waals surface area (Å²) in [6, 6.07) is 12.1. The third kappa shape index (κ3) is 3.74. The topological polar surface area (TPSA) is 24.1 Å². The average Bonchev–Trinajstić information content (AvgIpc) is 2.40. The number of benzene rings is 2. The van der Waals surface area contributed by atoms with E-state index in [1.807, 2.05) is 30.3 Å². The maximum Gasteiger partial charge on any atom is 0.512 e. The van der Waals surface area contributed by atoms with Crippen molar-refractivity contribution in [3.63, 3.8) is 0 Å². The molecule has 0 saturated carbocycles. The summed E-state index contributed by atoms with van der Waals surface area (Å²) in [6.07, 6.45) is 0. The number of para-hydroxylation sites is 1. The standard InChI is InChI=1S/C13H12BF4N2/c15-13-7-6-10(8-12(13)14(16,17)18)9-19-20-11-4-2-1-3-5-11/h1-8,19-20H,9H2/q-1. The van der Waals surface area contributed by atoms with Gasteiger partial charge in [0.05, 0.1) is 5.82 Å². The van der Waals surface area contributed by atoms with E-state index in [0.717, 1.165) is 17.8 Å². The molecule has 0 aliphatic heterocycles. The molecule has 2 aromatic carbocycles. The Kier molecular flexibility index (Phi) is 4.29. The Morgan fingerprint density at radius 3 is 2.30 bits per heavy atom. The molecule has 2 N–H and O–H groups in total. The van der Waals surface area contributed by atoms with Crippen molar-refractivity contribution in [3.05, 3.63) is 59.9 Å². The van der Waals surface area contributed by atoms with Gasteiger partial charge in [0.2, 0.25) is 0 Å². The van der Waals surface area contributed by atoms with Crippen LogP contribution in [-0.2, 0) is 6.54 Å². The van der Waals surface area contributed by atoms with Crippen LogP contribution in [0.5, 0.6) is 0 Å². The molecule has 2 rings (SSSR count). The molecule has 0 aliphatic rings. The van der Waals surface area contributed by atoms with Crippen LogP contribution in [0.15, 0.2) is 48.5 Å². The van der Waals surface area contributed by atoms with Crippen molar-refractivity contribution in [1.29, 1.82) is 0 Å². The Bertz CT molecular complexity index is 572. The van der Waals surface area contributed by atoms with Crippen LogP contribution in [0.4, 0.5) is 23.0 Å². The molecule has 0 amide bonds. The number of nitrogens with one attached hydrogen (secondary N) is 2. The van der Waals surface area contributed by atoms with Gasteiger partial charge in [0.15, 0.2) is 0 Å². The van der Waals surface area contributed by atoms with Gasteiger partial charge in [-0.15, -0.1) is 0 Å². The lowest BCUT2D eigenvalue weighted by atomic mass is 9.79. The van der Waals surface area contributed by atoms with Gasteiger partial charge in [0.25, 0.3) is 0 Å². The van der Waals surface area contributed by atoms with Gasteiger partial charge >= 0.3 is 6.98 Å². The first-order chi connectivity index (χ1) is 9.47. The molecule has 20 heavy (non-hydrogen) atoms. The summed E-state index contributed by atoms with van der Waals surface area (Å²) in [5, 5.41) is 0. The maximum atomic E-state index is 13.1. The number of halogens is 4. The molecule has 0 bridgehead atoms. The number of hydrazine groups is 1. The summed E-state index contributed by atoms with van der Waals surface area (Å²) in [4.78, 5) is 0. The Morgan fingerprint density at radius 1 is 0.950 bits per heavy atom. The van der Waals surface area contributed by atoms with Gasteiger partial charge in [-0.2, -0.15) is 0 Å². The molecule has 106 valence electrons. The van der Waals surface area contributed by atoms with E-state index in [4.69, 9.17) is 0 Å². The average molecular weight is 283 g/mol. The van der Waals surface area contributed by atoms with E-state index >= 15 is 0 Å². The van der Waals surface area contributed by atoms with E-state index in [9.17, 15) is 17.3 Å². The third-order valence-corrected chi connectivity index (χ3v) is 2.71. The SMILES string of the molecule is Fc1ccc(CNNc2ccccc2)cc1[B-](F)(F)F. The molecule has 0 radical (unpaired) electrons. The fourth-order valence-electron chi connectivity index (χ4n) is 1.72. The van der Waals surface area contributed by atoms with Crippen molar-refractivity contribution in [2.75, 3.05) is 5.43 Å². The van der Waals surface area contributed by atoms with Gasteiger partial charge in [-0.05, 0) is 23.8 Å². The minimum absolute atomic E-state index is 0.147. The molecule has 0 atom stereocenters. The van der Waals surface area contributed by atoms with Gasteiger partial charge in [-0.25, -0.2) is 9.82 Å². The molecule has 2 nitrogen and oxygen atoms in total. The summed E-state index contributed by atoms with van der Waals surface area (Å²) >= 11 is 0. The van der Waals surface area contributed by atoms with Crippen LogP contribution in [0.25, 0.3) is 0 Å². The van der Waals surface area contributed by atoms with Gasteiger partial charge < -0.3 is 18.4 Å². The van der Waals surface area contributed by atoms with Crippen molar-refractivity contribution >= 4 is 18.1 Å². The predicted molar refractivity (Wildman–Crippen MR) is 72.0 cm³/mol. The van der Waals surface area contributed by atoms with E-state index in [-0.39, 0.29) is 6.54 Å². The normalized spacial score (nSPS) is 11.4. The predicted octanol–water partition coefficient (Wildman–Crippen LogP) is 3.00. The van der Waals surface area contributed by atoms with Crippen LogP contribution in [0.2, 0.25) is 0 Å². The van der Waals surface area contributed by atoms with E-state index in [0.29, 0.717) is 5.56 Å². The van der Waals surface area contributed by atoms with Gasteiger partial charge in [0.1, 0.15) is 0 Å². The maximum absolute atomic E-state index is 13.1. The lowest BCUT2D eigenvalue weighted by Crippen LogP contribution is -2.37. The second-order valence-corrected chi connectivity index (χ2v) is 4.28. The van der Waals surface area contributed by atoms with Crippen LogP contribution in [0.1, 0.15) is 5.56 Å². The molecule has 7 heteroatoms. The molecule has 0 saturated heterocycles. The van der Waals surface area contributed by atoms with E-state index in [1.165, 1.54) is 6.07 Å². The fourth-order valence-corrected chi connectivity index (χ4v) is 1.72. The van der Waals surface area contributed by atoms with Crippen LogP contribution in [0, 0.1) is 5.82 Å². The lowest BCUT2D eigenvalue weighted by Gasteiger charge is -2.17. The molecule has 0 spiro atoms. The zero-order valence-corrected chi connectivity index (χ0v) is 10.4. The van der Waals surface area contributed by atoms with E-state index in [2.05, 4.69) is 10.9 Å². The largest absolute Gasteiger partial charge is 0.512 e. The van der Waals surface area contributed by atoms with Crippen molar-refractivity contribution in [1.82, 2.24) is 5.43 Å². The zero-order valence-electron chi connectivity index (χ0n) is 10.4. The molecule has 2 aromatic rings. The number of hydrogen-bond donors (Lipinski definition) is 2. The zero-order chi connectivity index (χ0) is 14.6. The second kappa shape index (κ2) is 5.96. The van der Waals surface area contributed by atoms with Crippen molar-refractivity contribution < 1.29 is 17.3 Å². The van der Waals surface area contributed by atoms with Crippen LogP contribution in [0.3, 0.4) is 0 Å². The highest BCUT2D eigenvalue weighted by Crippen LogP contribution is 2.13. The summed E-state index contributed by atoms with van der Waals surface area (Å²) < 4.78 is 50.9. The summed E-state index contributed by atoms with van der Waals surface area (Å²) in [5.41, 5.74) is 5.58. The molecule has 0 unspecified atom stereocenters. The Labute approximate surface area is 113 Å². The number of anilines is 1. The van der Waals surface area contributed by atoms with Crippen molar-refractivity contribution in [2.45, 2.75) is 6.54 Å². The molecule has 0 heterocycles. The summed E-state index contributed by atoms with van der Waals surface area (Å²) in [5.74, 6) is -1.24. The van der Waals surface area contributed by atoms with Crippen molar-refractivity contribution in [3.8, 4) is 0 Å². The number of rotatable bonds is 5. The van der Waals surface area contributed by atoms with Crippen LogP contribution < -0.4 is 16.3 Å². The molecular weight excluding hydrogens is 271 g/mol. The minimum Gasteiger partial charge on any atom is -0.445 e. The third-order valence-electron chi connectivity index (χ3n) is 2.71. The molecule has 0 fully saturated rings. The first kappa shape index (κ1) is 14.4. The van der Waals surface area contributed by atoms with Crippen LogP contribution in [-0.4, -0.2) is 6.98 Å². The molecule has 0 aliphatic carbocycles. The highest BCUT2D eigenvalue weighted by atomic mass is 19.4. The van der Waals surface area contributed by atoms with Crippen molar-refractivity contribution in [2.24, 2.45) is 0 Å². The van der Waals surface area contributed by atoms with Crippen LogP contribution >= 0.6 is 0 Å². The molecule has 0 aromatic heterocycles. The fraction of sp³-hybridized carbons (Fsp3) is 0.0769. The Morgan fingerprint density at radius 2 is 1.65 bits per heavy atom. The first-order valence-electron chi connectivity index (χ1n) is 5.99.